The SMILES string of the molecule is CC(Nc1ncnc2scnc12)c1cc2cccc(-c3ccc(N)nc3)c2c(=O)n1C1CC1. The summed E-state index contributed by atoms with van der Waals surface area (Å²) in [5, 5.41) is 5.07. The van der Waals surface area contributed by atoms with Gasteiger partial charge in [0.1, 0.15) is 22.5 Å². The zero-order valence-electron chi connectivity index (χ0n) is 17.9. The average Bonchev–Trinajstić information content (AvgIpc) is 3.54. The van der Waals surface area contributed by atoms with Gasteiger partial charge in [-0.3, -0.25) is 4.79 Å². The summed E-state index contributed by atoms with van der Waals surface area (Å²) < 4.78 is 1.95. The number of hydrogen-bond donors (Lipinski definition) is 2. The second-order valence-electron chi connectivity index (χ2n) is 8.31. The van der Waals surface area contributed by atoms with Gasteiger partial charge in [-0.15, -0.1) is 11.3 Å². The van der Waals surface area contributed by atoms with Crippen molar-refractivity contribution in [2.75, 3.05) is 11.1 Å². The van der Waals surface area contributed by atoms with Crippen LogP contribution >= 0.6 is 11.3 Å². The van der Waals surface area contributed by atoms with Crippen LogP contribution in [0.4, 0.5) is 11.6 Å². The van der Waals surface area contributed by atoms with E-state index in [1.807, 2.05) is 35.8 Å². The van der Waals surface area contributed by atoms with Crippen LogP contribution in [-0.4, -0.2) is 24.5 Å². The third-order valence-corrected chi connectivity index (χ3v) is 6.78. The number of fused-ring (bicyclic) bond motifs is 2. The Morgan fingerprint density at radius 3 is 2.82 bits per heavy atom. The summed E-state index contributed by atoms with van der Waals surface area (Å²) in [6, 6.07) is 11.8. The van der Waals surface area contributed by atoms with Gasteiger partial charge in [0.05, 0.1) is 16.9 Å². The van der Waals surface area contributed by atoms with E-state index >= 15 is 0 Å². The van der Waals surface area contributed by atoms with Crippen LogP contribution in [0.2, 0.25) is 0 Å². The number of aromatic nitrogens is 5. The van der Waals surface area contributed by atoms with Gasteiger partial charge in [-0.1, -0.05) is 18.2 Å². The van der Waals surface area contributed by atoms with E-state index in [0.29, 0.717) is 17.0 Å². The molecule has 0 saturated heterocycles. The van der Waals surface area contributed by atoms with Gasteiger partial charge >= 0.3 is 0 Å². The smallest absolute Gasteiger partial charge is 0.259 e. The van der Waals surface area contributed by atoms with Crippen LogP contribution in [-0.2, 0) is 0 Å². The molecule has 6 rings (SSSR count). The van der Waals surface area contributed by atoms with E-state index in [0.717, 1.165) is 45.4 Å². The third-order valence-electron chi connectivity index (χ3n) is 6.05. The largest absolute Gasteiger partial charge is 0.384 e. The molecule has 0 aliphatic heterocycles. The van der Waals surface area contributed by atoms with Crippen molar-refractivity contribution in [1.29, 1.82) is 0 Å². The molecule has 0 amide bonds. The molecule has 1 fully saturated rings. The topological polar surface area (TPSA) is 112 Å². The molecule has 0 bridgehead atoms. The van der Waals surface area contributed by atoms with Gasteiger partial charge in [-0.05, 0) is 48.9 Å². The van der Waals surface area contributed by atoms with Crippen molar-refractivity contribution < 1.29 is 0 Å². The number of pyridine rings is 2. The number of nitrogens with two attached hydrogens (primary N) is 1. The van der Waals surface area contributed by atoms with Gasteiger partial charge in [-0.25, -0.2) is 19.9 Å². The maximum absolute atomic E-state index is 13.9. The highest BCUT2D eigenvalue weighted by Crippen LogP contribution is 2.38. The number of thiazole rings is 1. The van der Waals surface area contributed by atoms with E-state index in [1.165, 1.54) is 17.7 Å². The molecule has 0 radical (unpaired) electrons. The minimum atomic E-state index is -0.149. The van der Waals surface area contributed by atoms with Crippen LogP contribution in [0.1, 0.15) is 37.5 Å². The second kappa shape index (κ2) is 7.63. The summed E-state index contributed by atoms with van der Waals surface area (Å²) in [4.78, 5) is 32.0. The van der Waals surface area contributed by atoms with E-state index < -0.39 is 0 Å². The molecule has 1 aromatic carbocycles. The first-order valence-electron chi connectivity index (χ1n) is 10.8. The Balaban J connectivity index is 1.50. The Bertz CT molecular complexity index is 1550. The highest BCUT2D eigenvalue weighted by Gasteiger charge is 2.30. The molecular weight excluding hydrogens is 434 g/mol. The number of nitrogens with one attached hydrogen (secondary N) is 1. The summed E-state index contributed by atoms with van der Waals surface area (Å²) in [5.74, 6) is 1.13. The first-order valence-corrected chi connectivity index (χ1v) is 11.7. The van der Waals surface area contributed by atoms with Gasteiger partial charge in [0.15, 0.2) is 5.82 Å². The Morgan fingerprint density at radius 1 is 1.15 bits per heavy atom. The summed E-state index contributed by atoms with van der Waals surface area (Å²) in [6.07, 6.45) is 5.26. The molecule has 1 unspecified atom stereocenters. The lowest BCUT2D eigenvalue weighted by Crippen LogP contribution is -2.26. The maximum Gasteiger partial charge on any atom is 0.259 e. The predicted molar refractivity (Wildman–Crippen MR) is 131 cm³/mol. The Morgan fingerprint density at radius 2 is 2.03 bits per heavy atom. The van der Waals surface area contributed by atoms with Crippen LogP contribution < -0.4 is 16.6 Å². The normalized spacial score (nSPS) is 14.6. The fraction of sp³-hybridized carbons (Fsp3) is 0.208. The summed E-state index contributed by atoms with van der Waals surface area (Å²) in [7, 11) is 0. The lowest BCUT2D eigenvalue weighted by atomic mass is 9.99. The maximum atomic E-state index is 13.9. The minimum absolute atomic E-state index is 0.0209. The van der Waals surface area contributed by atoms with Crippen molar-refractivity contribution in [2.24, 2.45) is 0 Å². The molecule has 1 atom stereocenters. The van der Waals surface area contributed by atoms with Crippen molar-refractivity contribution in [3.8, 4) is 11.1 Å². The Kier molecular flexibility index (Phi) is 4.58. The van der Waals surface area contributed by atoms with Gasteiger partial charge < -0.3 is 15.6 Å². The van der Waals surface area contributed by atoms with Crippen molar-refractivity contribution >= 4 is 44.1 Å². The zero-order chi connectivity index (χ0) is 22.5. The standard InChI is InChI=1S/C24H21N7OS/c1-13(30-22-21-23(28-11-27-22)33-12-29-21)18-9-14-3-2-4-17(15-5-8-19(25)26-10-15)20(14)24(32)31(18)16-6-7-16/h2-5,8-13,16H,6-7H2,1H3,(H2,25,26)(H,27,28,30). The van der Waals surface area contributed by atoms with E-state index in [4.69, 9.17) is 5.73 Å². The molecule has 5 aromatic rings. The molecule has 33 heavy (non-hydrogen) atoms. The second-order valence-corrected chi connectivity index (χ2v) is 9.14. The molecule has 1 aliphatic carbocycles. The van der Waals surface area contributed by atoms with Gasteiger partial charge in [0.25, 0.3) is 5.56 Å². The van der Waals surface area contributed by atoms with Crippen molar-refractivity contribution in [3.63, 3.8) is 0 Å². The number of anilines is 2. The van der Waals surface area contributed by atoms with E-state index in [1.54, 1.807) is 17.8 Å². The average molecular weight is 456 g/mol. The van der Waals surface area contributed by atoms with Gasteiger partial charge in [0, 0.05) is 23.5 Å². The summed E-state index contributed by atoms with van der Waals surface area (Å²) >= 11 is 1.48. The molecule has 9 heteroatoms. The summed E-state index contributed by atoms with van der Waals surface area (Å²) in [6.45, 7) is 2.05. The molecule has 3 N–H and O–H groups in total. The molecule has 4 heterocycles. The quantitative estimate of drug-likeness (QED) is 0.400. The van der Waals surface area contributed by atoms with Crippen LogP contribution in [0.25, 0.3) is 32.2 Å². The Labute approximate surface area is 193 Å². The summed E-state index contributed by atoms with van der Waals surface area (Å²) in [5.41, 5.74) is 11.0. The Hall–Kier alpha value is -3.85. The number of nitrogen functional groups attached to an aromatic ring is 1. The molecule has 164 valence electrons. The third kappa shape index (κ3) is 3.41. The molecule has 0 spiro atoms. The fourth-order valence-corrected chi connectivity index (χ4v) is 4.95. The van der Waals surface area contributed by atoms with Crippen LogP contribution in [0, 0.1) is 0 Å². The van der Waals surface area contributed by atoms with Crippen LogP contribution in [0.5, 0.6) is 0 Å². The number of hydrogen-bond acceptors (Lipinski definition) is 8. The molecule has 1 saturated carbocycles. The van der Waals surface area contributed by atoms with Crippen molar-refractivity contribution in [3.05, 3.63) is 70.5 Å². The molecule has 1 aliphatic rings. The molecule has 4 aromatic heterocycles. The van der Waals surface area contributed by atoms with Gasteiger partial charge in [0.2, 0.25) is 0 Å². The van der Waals surface area contributed by atoms with Gasteiger partial charge in [-0.2, -0.15) is 0 Å². The zero-order valence-corrected chi connectivity index (χ0v) is 18.7. The van der Waals surface area contributed by atoms with E-state index in [2.05, 4.69) is 31.3 Å². The number of rotatable bonds is 5. The number of nitrogens with zero attached hydrogens (tertiary/aromatic N) is 5. The van der Waals surface area contributed by atoms with Crippen LogP contribution in [0.3, 0.4) is 0 Å². The molecule has 8 nitrogen and oxygen atoms in total. The number of benzene rings is 1. The van der Waals surface area contributed by atoms with Crippen molar-refractivity contribution in [2.45, 2.75) is 31.8 Å². The minimum Gasteiger partial charge on any atom is -0.384 e. The first kappa shape index (κ1) is 19.8. The first-order chi connectivity index (χ1) is 16.1. The lowest BCUT2D eigenvalue weighted by Gasteiger charge is -2.22. The fourth-order valence-electron chi connectivity index (χ4n) is 4.32. The van der Waals surface area contributed by atoms with E-state index in [9.17, 15) is 4.79 Å². The lowest BCUT2D eigenvalue weighted by molar-refractivity contribution is 0.636. The predicted octanol–water partition coefficient (Wildman–Crippen LogP) is 4.55. The molecular formula is C24H21N7OS. The highest BCUT2D eigenvalue weighted by atomic mass is 32.1. The van der Waals surface area contributed by atoms with E-state index in [-0.39, 0.29) is 17.6 Å². The van der Waals surface area contributed by atoms with Crippen molar-refractivity contribution in [1.82, 2.24) is 24.5 Å². The monoisotopic (exact) mass is 455 g/mol. The van der Waals surface area contributed by atoms with Crippen LogP contribution in [0.15, 0.2) is 59.2 Å². The highest BCUT2D eigenvalue weighted by molar-refractivity contribution is 7.16.